The number of hydrogen-bond acceptors (Lipinski definition) is 5. The average molecular weight is 330 g/mol. The van der Waals surface area contributed by atoms with Gasteiger partial charge in [0.2, 0.25) is 0 Å². The second kappa shape index (κ2) is 6.54. The highest BCUT2D eigenvalue weighted by atomic mass is 32.1. The van der Waals surface area contributed by atoms with Crippen LogP contribution in [0.5, 0.6) is 5.75 Å². The lowest BCUT2D eigenvalue weighted by atomic mass is 9.91. The van der Waals surface area contributed by atoms with Gasteiger partial charge in [-0.15, -0.1) is 11.3 Å². The Balaban J connectivity index is 1.86. The molecule has 0 amide bonds. The van der Waals surface area contributed by atoms with Crippen LogP contribution >= 0.6 is 11.3 Å². The molecule has 5 heteroatoms. The van der Waals surface area contributed by atoms with Crippen LogP contribution in [-0.2, 0) is 22.4 Å². The second-order valence-electron chi connectivity index (χ2n) is 5.43. The maximum atomic E-state index is 11.6. The van der Waals surface area contributed by atoms with Gasteiger partial charge in [0.15, 0.2) is 12.4 Å². The highest BCUT2D eigenvalue weighted by molar-refractivity contribution is 7.17. The van der Waals surface area contributed by atoms with E-state index in [4.69, 9.17) is 9.47 Å². The Hall–Kier alpha value is -2.14. The van der Waals surface area contributed by atoms with Crippen molar-refractivity contribution in [1.29, 1.82) is 0 Å². The summed E-state index contributed by atoms with van der Waals surface area (Å²) < 4.78 is 10.4. The Bertz CT molecular complexity index is 760. The molecule has 2 aromatic rings. The fraction of sp³-hybridized carbons (Fsp3) is 0.333. The molecule has 0 bridgehead atoms. The lowest BCUT2D eigenvalue weighted by Crippen LogP contribution is -2.14. The molecule has 0 spiro atoms. The highest BCUT2D eigenvalue weighted by Crippen LogP contribution is 2.41. The van der Waals surface area contributed by atoms with E-state index in [1.165, 1.54) is 22.5 Å². The number of aryl methyl sites for hydroxylation is 2. The summed E-state index contributed by atoms with van der Waals surface area (Å²) in [5, 5.41) is 0. The molecule has 0 N–H and O–H groups in total. The van der Waals surface area contributed by atoms with Crippen molar-refractivity contribution >= 4 is 23.1 Å². The fourth-order valence-corrected chi connectivity index (χ4v) is 3.86. The molecule has 0 unspecified atom stereocenters. The van der Waals surface area contributed by atoms with Crippen molar-refractivity contribution in [2.24, 2.45) is 0 Å². The number of carbonyl (C=O) groups excluding carboxylic acids is 2. The maximum absolute atomic E-state index is 11.6. The van der Waals surface area contributed by atoms with Gasteiger partial charge in [0, 0.05) is 4.88 Å². The van der Waals surface area contributed by atoms with E-state index in [2.05, 4.69) is 0 Å². The molecule has 1 aliphatic rings. The molecule has 3 rings (SSSR count). The number of carbonyl (C=O) groups is 2. The molecule has 1 aromatic carbocycles. The summed E-state index contributed by atoms with van der Waals surface area (Å²) in [5.74, 6) is 0.365. The molecule has 0 saturated heterocycles. The Labute approximate surface area is 139 Å². The first kappa shape index (κ1) is 15.7. The first-order chi connectivity index (χ1) is 11.1. The predicted octanol–water partition coefficient (Wildman–Crippen LogP) is 3.66. The van der Waals surface area contributed by atoms with Gasteiger partial charge in [-0.05, 0) is 61.6 Å². The second-order valence-corrected chi connectivity index (χ2v) is 6.49. The maximum Gasteiger partial charge on any atom is 0.344 e. The number of hydrogen-bond donors (Lipinski definition) is 0. The zero-order valence-electron chi connectivity index (χ0n) is 13.2. The smallest absolute Gasteiger partial charge is 0.344 e. The predicted molar refractivity (Wildman–Crippen MR) is 89.3 cm³/mol. The van der Waals surface area contributed by atoms with E-state index in [1.54, 1.807) is 13.8 Å². The van der Waals surface area contributed by atoms with Crippen molar-refractivity contribution < 1.29 is 19.1 Å². The van der Waals surface area contributed by atoms with Crippen molar-refractivity contribution in [3.63, 3.8) is 0 Å². The van der Waals surface area contributed by atoms with E-state index in [1.807, 2.05) is 24.3 Å². The summed E-state index contributed by atoms with van der Waals surface area (Å²) in [5.41, 5.74) is 3.57. The number of rotatable bonds is 5. The first-order valence-corrected chi connectivity index (χ1v) is 8.45. The molecule has 0 fully saturated rings. The van der Waals surface area contributed by atoms with Crippen LogP contribution in [0.3, 0.4) is 0 Å². The molecular weight excluding hydrogens is 312 g/mol. The number of thiophene rings is 1. The molecule has 0 radical (unpaired) electrons. The minimum absolute atomic E-state index is 0.0946. The van der Waals surface area contributed by atoms with Gasteiger partial charge in [-0.2, -0.15) is 0 Å². The Kier molecular flexibility index (Phi) is 4.48. The van der Waals surface area contributed by atoms with E-state index < -0.39 is 0 Å². The quantitative estimate of drug-likeness (QED) is 0.620. The van der Waals surface area contributed by atoms with E-state index >= 15 is 0 Å². The van der Waals surface area contributed by atoms with Crippen LogP contribution in [-0.4, -0.2) is 25.0 Å². The minimum Gasteiger partial charge on any atom is -0.482 e. The molecule has 23 heavy (non-hydrogen) atoms. The Morgan fingerprint density at radius 1 is 1.17 bits per heavy atom. The van der Waals surface area contributed by atoms with Crippen LogP contribution < -0.4 is 4.74 Å². The third kappa shape index (κ3) is 3.29. The molecule has 1 heterocycles. The van der Waals surface area contributed by atoms with Gasteiger partial charge in [0.05, 0.1) is 11.5 Å². The number of esters is 1. The molecule has 1 aromatic heterocycles. The summed E-state index contributed by atoms with van der Waals surface area (Å²) in [6, 6.07) is 7.86. The average Bonchev–Trinajstić information content (AvgIpc) is 2.98. The monoisotopic (exact) mass is 330 g/mol. The van der Waals surface area contributed by atoms with Gasteiger partial charge < -0.3 is 9.47 Å². The van der Waals surface area contributed by atoms with Crippen LogP contribution in [0.15, 0.2) is 24.3 Å². The number of Topliss-reactive ketones (excluding diaryl/α,β-unsaturated/α-hetero) is 1. The topological polar surface area (TPSA) is 52.6 Å². The number of benzene rings is 1. The van der Waals surface area contributed by atoms with Crippen molar-refractivity contribution in [2.75, 3.05) is 13.2 Å². The molecule has 1 aliphatic carbocycles. The first-order valence-electron chi connectivity index (χ1n) is 7.64. The zero-order valence-corrected chi connectivity index (χ0v) is 14.0. The molecule has 0 saturated carbocycles. The Morgan fingerprint density at radius 3 is 2.70 bits per heavy atom. The summed E-state index contributed by atoms with van der Waals surface area (Å²) >= 11 is 1.53. The summed E-state index contributed by atoms with van der Waals surface area (Å²) in [4.78, 5) is 24.9. The van der Waals surface area contributed by atoms with Crippen LogP contribution in [0.4, 0.5) is 0 Å². The van der Waals surface area contributed by atoms with Gasteiger partial charge in [-0.3, -0.25) is 4.79 Å². The van der Waals surface area contributed by atoms with Gasteiger partial charge in [-0.25, -0.2) is 4.79 Å². The molecule has 0 atom stereocenters. The molecule has 0 aliphatic heterocycles. The SMILES string of the molecule is CCOC(=O)COc1ccc2c(c1)-c1sc(C(C)=O)cc1CC2. The van der Waals surface area contributed by atoms with E-state index in [0.717, 1.165) is 28.2 Å². The third-order valence-electron chi connectivity index (χ3n) is 3.81. The summed E-state index contributed by atoms with van der Waals surface area (Å²) in [6.45, 7) is 3.61. The van der Waals surface area contributed by atoms with E-state index in [9.17, 15) is 9.59 Å². The lowest BCUT2D eigenvalue weighted by molar-refractivity contribution is -0.145. The fourth-order valence-electron chi connectivity index (χ4n) is 2.70. The number of ketones is 1. The Morgan fingerprint density at radius 2 is 1.96 bits per heavy atom. The highest BCUT2D eigenvalue weighted by Gasteiger charge is 2.21. The number of fused-ring (bicyclic) bond motifs is 3. The molecule has 4 nitrogen and oxygen atoms in total. The van der Waals surface area contributed by atoms with Gasteiger partial charge >= 0.3 is 5.97 Å². The third-order valence-corrected chi connectivity index (χ3v) is 5.12. The van der Waals surface area contributed by atoms with Gasteiger partial charge in [0.1, 0.15) is 5.75 Å². The van der Waals surface area contributed by atoms with Crippen molar-refractivity contribution in [3.05, 3.63) is 40.3 Å². The minimum atomic E-state index is -0.374. The van der Waals surface area contributed by atoms with Gasteiger partial charge in [-0.1, -0.05) is 6.07 Å². The summed E-state index contributed by atoms with van der Waals surface area (Å²) in [7, 11) is 0. The van der Waals surface area contributed by atoms with Gasteiger partial charge in [0.25, 0.3) is 0 Å². The number of ether oxygens (including phenoxy) is 2. The van der Waals surface area contributed by atoms with Crippen LogP contribution in [0, 0.1) is 0 Å². The largest absolute Gasteiger partial charge is 0.482 e. The van der Waals surface area contributed by atoms with Crippen LogP contribution in [0.25, 0.3) is 10.4 Å². The van der Waals surface area contributed by atoms with E-state index in [0.29, 0.717) is 12.4 Å². The van der Waals surface area contributed by atoms with Crippen LogP contribution in [0.2, 0.25) is 0 Å². The molecular formula is C18H18O4S. The van der Waals surface area contributed by atoms with Crippen molar-refractivity contribution in [1.82, 2.24) is 0 Å². The normalized spacial score (nSPS) is 12.3. The lowest BCUT2D eigenvalue weighted by Gasteiger charge is -2.17. The zero-order chi connectivity index (χ0) is 16.4. The van der Waals surface area contributed by atoms with Crippen LogP contribution in [0.1, 0.15) is 34.6 Å². The molecule has 120 valence electrons. The van der Waals surface area contributed by atoms with Crippen molar-refractivity contribution in [3.8, 4) is 16.2 Å². The standard InChI is InChI=1S/C18H18O4S/c1-3-21-17(20)10-22-14-7-6-12-4-5-13-8-16(11(2)19)23-18(13)15(12)9-14/h6-9H,3-5,10H2,1-2H3. The van der Waals surface area contributed by atoms with E-state index in [-0.39, 0.29) is 18.4 Å². The van der Waals surface area contributed by atoms with Crippen molar-refractivity contribution in [2.45, 2.75) is 26.7 Å². The summed E-state index contributed by atoms with van der Waals surface area (Å²) in [6.07, 6.45) is 1.91.